The average Bonchev–Trinajstić information content (AvgIpc) is 2.80. The summed E-state index contributed by atoms with van der Waals surface area (Å²) in [6.07, 6.45) is 0. The molecule has 0 aliphatic carbocycles. The van der Waals surface area contributed by atoms with E-state index in [-0.39, 0.29) is 6.03 Å². The number of urea groups is 1. The molecule has 7 nitrogen and oxygen atoms in total. The SMILES string of the molecule is COc1cccc(N2CCN(C(=O)Nc3ccccc3N3CCOCC3)CC2)c1. The molecule has 2 aliphatic heterocycles. The zero-order valence-electron chi connectivity index (χ0n) is 16.8. The van der Waals surface area contributed by atoms with Crippen molar-refractivity contribution in [2.45, 2.75) is 0 Å². The van der Waals surface area contributed by atoms with Crippen LogP contribution in [0.1, 0.15) is 0 Å². The first-order valence-electron chi connectivity index (χ1n) is 10.1. The van der Waals surface area contributed by atoms with Crippen LogP contribution in [-0.4, -0.2) is 70.5 Å². The summed E-state index contributed by atoms with van der Waals surface area (Å²) in [5, 5.41) is 3.12. The number of carbonyl (C=O) groups is 1. The van der Waals surface area contributed by atoms with E-state index in [4.69, 9.17) is 9.47 Å². The quantitative estimate of drug-likeness (QED) is 0.861. The van der Waals surface area contributed by atoms with Crippen molar-refractivity contribution in [2.24, 2.45) is 0 Å². The van der Waals surface area contributed by atoms with Crippen LogP contribution < -0.4 is 19.9 Å². The number of rotatable bonds is 4. The molecule has 29 heavy (non-hydrogen) atoms. The minimum Gasteiger partial charge on any atom is -0.497 e. The summed E-state index contributed by atoms with van der Waals surface area (Å²) in [7, 11) is 1.68. The Balaban J connectivity index is 1.37. The minimum atomic E-state index is -0.0454. The average molecular weight is 396 g/mol. The van der Waals surface area contributed by atoms with Gasteiger partial charge in [-0.2, -0.15) is 0 Å². The van der Waals surface area contributed by atoms with Crippen LogP contribution in [0.4, 0.5) is 21.9 Å². The van der Waals surface area contributed by atoms with Crippen LogP contribution in [0, 0.1) is 0 Å². The lowest BCUT2D eigenvalue weighted by Gasteiger charge is -2.36. The number of para-hydroxylation sites is 2. The lowest BCUT2D eigenvalue weighted by atomic mass is 10.2. The van der Waals surface area contributed by atoms with Crippen LogP contribution in [0.25, 0.3) is 0 Å². The Labute approximate surface area is 171 Å². The van der Waals surface area contributed by atoms with Gasteiger partial charge in [0.1, 0.15) is 5.75 Å². The van der Waals surface area contributed by atoms with Crippen LogP contribution >= 0.6 is 0 Å². The second kappa shape index (κ2) is 9.05. The maximum absolute atomic E-state index is 12.9. The van der Waals surface area contributed by atoms with E-state index in [1.165, 1.54) is 0 Å². The molecule has 154 valence electrons. The van der Waals surface area contributed by atoms with Gasteiger partial charge in [0.05, 0.1) is 31.7 Å². The summed E-state index contributed by atoms with van der Waals surface area (Å²) < 4.78 is 10.8. The Hall–Kier alpha value is -2.93. The van der Waals surface area contributed by atoms with E-state index >= 15 is 0 Å². The lowest BCUT2D eigenvalue weighted by molar-refractivity contribution is 0.123. The van der Waals surface area contributed by atoms with Crippen molar-refractivity contribution in [1.29, 1.82) is 0 Å². The highest BCUT2D eigenvalue weighted by Crippen LogP contribution is 2.27. The predicted octanol–water partition coefficient (Wildman–Crippen LogP) is 2.89. The summed E-state index contributed by atoms with van der Waals surface area (Å²) in [4.78, 5) is 19.3. The Morgan fingerprint density at radius 2 is 1.69 bits per heavy atom. The molecule has 0 spiro atoms. The molecule has 2 aliphatic rings. The lowest BCUT2D eigenvalue weighted by Crippen LogP contribution is -2.50. The van der Waals surface area contributed by atoms with Crippen molar-refractivity contribution >= 4 is 23.1 Å². The number of carbonyl (C=O) groups excluding carboxylic acids is 1. The second-order valence-corrected chi connectivity index (χ2v) is 7.22. The fourth-order valence-electron chi connectivity index (χ4n) is 3.83. The van der Waals surface area contributed by atoms with E-state index in [2.05, 4.69) is 27.2 Å². The standard InChI is InChI=1S/C22H28N4O3/c1-28-19-6-4-5-18(17-19)24-9-11-26(12-10-24)22(27)23-20-7-2-3-8-21(20)25-13-15-29-16-14-25/h2-8,17H,9-16H2,1H3,(H,23,27). The normalized spacial score (nSPS) is 17.2. The molecule has 2 heterocycles. The third-order valence-electron chi connectivity index (χ3n) is 5.48. The Morgan fingerprint density at radius 3 is 2.45 bits per heavy atom. The van der Waals surface area contributed by atoms with Gasteiger partial charge in [-0.05, 0) is 24.3 Å². The molecule has 0 unspecified atom stereocenters. The van der Waals surface area contributed by atoms with Crippen LogP contribution in [-0.2, 0) is 4.74 Å². The molecular formula is C22H28N4O3. The van der Waals surface area contributed by atoms with Gasteiger partial charge in [0.25, 0.3) is 0 Å². The topological polar surface area (TPSA) is 57.3 Å². The van der Waals surface area contributed by atoms with Crippen molar-refractivity contribution in [3.8, 4) is 5.75 Å². The number of methoxy groups -OCH3 is 1. The van der Waals surface area contributed by atoms with Crippen molar-refractivity contribution in [3.05, 3.63) is 48.5 Å². The molecule has 0 bridgehead atoms. The van der Waals surface area contributed by atoms with Crippen LogP contribution in [0.5, 0.6) is 5.75 Å². The van der Waals surface area contributed by atoms with E-state index in [0.717, 1.165) is 49.0 Å². The van der Waals surface area contributed by atoms with Gasteiger partial charge >= 0.3 is 6.03 Å². The zero-order chi connectivity index (χ0) is 20.1. The molecule has 2 fully saturated rings. The number of nitrogens with one attached hydrogen (secondary N) is 1. The van der Waals surface area contributed by atoms with E-state index in [1.54, 1.807) is 7.11 Å². The second-order valence-electron chi connectivity index (χ2n) is 7.22. The van der Waals surface area contributed by atoms with E-state index < -0.39 is 0 Å². The molecule has 2 aromatic carbocycles. The van der Waals surface area contributed by atoms with Crippen molar-refractivity contribution < 1.29 is 14.3 Å². The van der Waals surface area contributed by atoms with Gasteiger partial charge in [0.15, 0.2) is 0 Å². The Bertz CT molecular complexity index is 830. The number of morpholine rings is 1. The molecule has 2 aromatic rings. The van der Waals surface area contributed by atoms with Crippen molar-refractivity contribution in [3.63, 3.8) is 0 Å². The highest BCUT2D eigenvalue weighted by atomic mass is 16.5. The Morgan fingerprint density at radius 1 is 0.931 bits per heavy atom. The first-order chi connectivity index (χ1) is 14.2. The summed E-state index contributed by atoms with van der Waals surface area (Å²) in [5.41, 5.74) is 3.04. The Kier molecular flexibility index (Phi) is 6.05. The van der Waals surface area contributed by atoms with E-state index in [1.807, 2.05) is 41.3 Å². The first-order valence-corrected chi connectivity index (χ1v) is 10.1. The molecule has 7 heteroatoms. The van der Waals surface area contributed by atoms with Crippen molar-refractivity contribution in [2.75, 3.05) is 74.7 Å². The van der Waals surface area contributed by atoms with Gasteiger partial charge in [-0.3, -0.25) is 0 Å². The molecule has 4 rings (SSSR count). The molecular weight excluding hydrogens is 368 g/mol. The molecule has 0 saturated carbocycles. The first kappa shape index (κ1) is 19.4. The fraction of sp³-hybridized carbons (Fsp3) is 0.409. The van der Waals surface area contributed by atoms with Gasteiger partial charge in [-0.1, -0.05) is 18.2 Å². The number of ether oxygens (including phenoxy) is 2. The largest absolute Gasteiger partial charge is 0.497 e. The molecule has 1 N–H and O–H groups in total. The summed E-state index contributed by atoms with van der Waals surface area (Å²) in [6.45, 7) is 6.07. The predicted molar refractivity (Wildman–Crippen MR) is 115 cm³/mol. The number of hydrogen-bond acceptors (Lipinski definition) is 5. The van der Waals surface area contributed by atoms with Gasteiger partial charge in [0.2, 0.25) is 0 Å². The van der Waals surface area contributed by atoms with Crippen molar-refractivity contribution in [1.82, 2.24) is 4.90 Å². The summed E-state index contributed by atoms with van der Waals surface area (Å²) in [6, 6.07) is 16.0. The van der Waals surface area contributed by atoms with Crippen LogP contribution in [0.15, 0.2) is 48.5 Å². The maximum atomic E-state index is 12.9. The van der Waals surface area contributed by atoms with E-state index in [0.29, 0.717) is 26.3 Å². The number of piperazine rings is 1. The van der Waals surface area contributed by atoms with Gasteiger partial charge in [0, 0.05) is 51.0 Å². The summed E-state index contributed by atoms with van der Waals surface area (Å²) in [5.74, 6) is 0.849. The third-order valence-corrected chi connectivity index (χ3v) is 5.48. The summed E-state index contributed by atoms with van der Waals surface area (Å²) >= 11 is 0. The number of hydrogen-bond donors (Lipinski definition) is 1. The monoisotopic (exact) mass is 396 g/mol. The zero-order valence-corrected chi connectivity index (χ0v) is 16.8. The highest BCUT2D eigenvalue weighted by molar-refractivity contribution is 5.93. The molecule has 0 aromatic heterocycles. The maximum Gasteiger partial charge on any atom is 0.322 e. The third kappa shape index (κ3) is 4.56. The number of anilines is 3. The van der Waals surface area contributed by atoms with Gasteiger partial charge in [-0.25, -0.2) is 4.79 Å². The number of nitrogens with zero attached hydrogens (tertiary/aromatic N) is 3. The molecule has 0 radical (unpaired) electrons. The van der Waals surface area contributed by atoms with Gasteiger partial charge in [-0.15, -0.1) is 0 Å². The molecule has 0 atom stereocenters. The highest BCUT2D eigenvalue weighted by Gasteiger charge is 2.23. The molecule has 2 saturated heterocycles. The van der Waals surface area contributed by atoms with E-state index in [9.17, 15) is 4.79 Å². The van der Waals surface area contributed by atoms with Crippen LogP contribution in [0.2, 0.25) is 0 Å². The molecule has 2 amide bonds. The van der Waals surface area contributed by atoms with Crippen LogP contribution in [0.3, 0.4) is 0 Å². The fourth-order valence-corrected chi connectivity index (χ4v) is 3.83. The number of amides is 2. The smallest absolute Gasteiger partial charge is 0.322 e. The number of benzene rings is 2. The minimum absolute atomic E-state index is 0.0454. The van der Waals surface area contributed by atoms with Gasteiger partial charge < -0.3 is 29.5 Å².